The summed E-state index contributed by atoms with van der Waals surface area (Å²) in [6.07, 6.45) is 1.62. The van der Waals surface area contributed by atoms with Crippen molar-refractivity contribution in [3.05, 3.63) is 29.8 Å². The molecule has 4 heteroatoms. The van der Waals surface area contributed by atoms with E-state index in [0.717, 1.165) is 17.0 Å². The molecule has 4 nitrogen and oxygen atoms in total. The smallest absolute Gasteiger partial charge is 0.112 e. The van der Waals surface area contributed by atoms with E-state index in [2.05, 4.69) is 21.8 Å². The number of nitrogens with zero attached hydrogens (tertiary/aromatic N) is 4. The minimum atomic E-state index is 0.876. The molecule has 0 aliphatic heterocycles. The van der Waals surface area contributed by atoms with E-state index >= 15 is 0 Å². The largest absolute Gasteiger partial charge is 0.293 e. The lowest BCUT2D eigenvalue weighted by Gasteiger charge is -2.06. The molecule has 16 heavy (non-hydrogen) atoms. The number of hydrogen-bond acceptors (Lipinski definition) is 3. The zero-order valence-electron chi connectivity index (χ0n) is 9.88. The molecule has 0 spiro atoms. The summed E-state index contributed by atoms with van der Waals surface area (Å²) >= 11 is 0. The van der Waals surface area contributed by atoms with Gasteiger partial charge in [-0.2, -0.15) is 5.10 Å². The van der Waals surface area contributed by atoms with Gasteiger partial charge in [0.15, 0.2) is 0 Å². The molecule has 1 aromatic carbocycles. The molecule has 0 radical (unpaired) electrons. The van der Waals surface area contributed by atoms with Crippen molar-refractivity contribution >= 4 is 24.5 Å². The van der Waals surface area contributed by atoms with E-state index in [1.54, 1.807) is 25.4 Å². The molecule has 0 aliphatic rings. The van der Waals surface area contributed by atoms with Crippen LogP contribution in [0.4, 0.5) is 5.69 Å². The van der Waals surface area contributed by atoms with Gasteiger partial charge in [-0.1, -0.05) is 18.2 Å². The number of para-hydroxylation sites is 1. The fourth-order valence-electron chi connectivity index (χ4n) is 1.19. The fraction of sp³-hybridized carbons (Fsp3) is 0.250. The number of hydrazone groups is 1. The minimum absolute atomic E-state index is 0.876. The van der Waals surface area contributed by atoms with Gasteiger partial charge in [-0.3, -0.25) is 10.0 Å². The predicted octanol–water partition coefficient (Wildman–Crippen LogP) is 2.33. The first-order valence-corrected chi connectivity index (χ1v) is 4.95. The van der Waals surface area contributed by atoms with Gasteiger partial charge in [0.25, 0.3) is 0 Å². The van der Waals surface area contributed by atoms with Crippen LogP contribution in [0.3, 0.4) is 0 Å². The minimum Gasteiger partial charge on any atom is -0.293 e. The highest BCUT2D eigenvalue weighted by Crippen LogP contribution is 2.19. The first-order valence-electron chi connectivity index (χ1n) is 4.95. The normalized spacial score (nSPS) is 11.8. The molecule has 0 unspecified atom stereocenters. The monoisotopic (exact) mass is 216 g/mol. The molecular formula is C12H16N4. The van der Waals surface area contributed by atoms with E-state index in [-0.39, 0.29) is 0 Å². The third-order valence-electron chi connectivity index (χ3n) is 2.22. The van der Waals surface area contributed by atoms with E-state index in [0.29, 0.717) is 0 Å². The van der Waals surface area contributed by atoms with Gasteiger partial charge in [0.05, 0.1) is 5.69 Å². The van der Waals surface area contributed by atoms with Crippen molar-refractivity contribution in [3.63, 3.8) is 0 Å². The summed E-state index contributed by atoms with van der Waals surface area (Å²) in [5, 5.41) is 5.25. The third kappa shape index (κ3) is 3.02. The Labute approximate surface area is 96.0 Å². The Morgan fingerprint density at radius 2 is 2.06 bits per heavy atom. The van der Waals surface area contributed by atoms with Crippen molar-refractivity contribution in [2.75, 3.05) is 14.1 Å². The first kappa shape index (κ1) is 12.1. The van der Waals surface area contributed by atoms with Crippen molar-refractivity contribution in [3.8, 4) is 0 Å². The topological polar surface area (TPSA) is 40.3 Å². The lowest BCUT2D eigenvalue weighted by molar-refractivity contribution is 0.567. The zero-order chi connectivity index (χ0) is 12.0. The van der Waals surface area contributed by atoms with Crippen molar-refractivity contribution in [1.82, 2.24) is 5.01 Å². The highest BCUT2D eigenvalue weighted by atomic mass is 15.4. The molecule has 0 amide bonds. The Kier molecular flexibility index (Phi) is 4.39. The average Bonchev–Trinajstić information content (AvgIpc) is 2.35. The van der Waals surface area contributed by atoms with Gasteiger partial charge in [0.1, 0.15) is 6.34 Å². The van der Waals surface area contributed by atoms with Crippen LogP contribution in [0, 0.1) is 0 Å². The molecule has 0 aromatic heterocycles. The number of benzene rings is 1. The lowest BCUT2D eigenvalue weighted by atomic mass is 10.1. The molecule has 0 saturated carbocycles. The lowest BCUT2D eigenvalue weighted by Crippen LogP contribution is -2.06. The molecule has 0 atom stereocenters. The predicted molar refractivity (Wildman–Crippen MR) is 70.0 cm³/mol. The van der Waals surface area contributed by atoms with Crippen LogP contribution >= 0.6 is 0 Å². The summed E-state index contributed by atoms with van der Waals surface area (Å²) in [5.74, 6) is 0. The number of aliphatic imine (C=N–C) groups is 2. The summed E-state index contributed by atoms with van der Waals surface area (Å²) in [6, 6.07) is 7.85. The van der Waals surface area contributed by atoms with Crippen molar-refractivity contribution in [2.24, 2.45) is 15.1 Å². The average molecular weight is 216 g/mol. The van der Waals surface area contributed by atoms with Crippen LogP contribution in [0.5, 0.6) is 0 Å². The second kappa shape index (κ2) is 5.80. The van der Waals surface area contributed by atoms with Gasteiger partial charge >= 0.3 is 0 Å². The summed E-state index contributed by atoms with van der Waals surface area (Å²) in [5.41, 5.74) is 2.86. The van der Waals surface area contributed by atoms with Gasteiger partial charge < -0.3 is 0 Å². The second-order valence-electron chi connectivity index (χ2n) is 3.29. The zero-order valence-corrected chi connectivity index (χ0v) is 9.88. The third-order valence-corrected chi connectivity index (χ3v) is 2.22. The van der Waals surface area contributed by atoms with Crippen LogP contribution in [0.15, 0.2) is 39.4 Å². The summed E-state index contributed by atoms with van der Waals surface area (Å²) < 4.78 is 0. The van der Waals surface area contributed by atoms with Crippen LogP contribution in [0.1, 0.15) is 12.5 Å². The SMILES string of the molecule is C=NN(C)C=Nc1ccccc1C(C)=NC. The molecule has 0 N–H and O–H groups in total. The maximum absolute atomic E-state index is 4.33. The van der Waals surface area contributed by atoms with Gasteiger partial charge in [-0.25, -0.2) is 4.99 Å². The molecule has 84 valence electrons. The Hall–Kier alpha value is -1.97. The Balaban J connectivity index is 3.04. The molecular weight excluding hydrogens is 200 g/mol. The molecule has 0 bridgehead atoms. The molecule has 0 saturated heterocycles. The van der Waals surface area contributed by atoms with Crippen LogP contribution in [-0.4, -0.2) is 37.9 Å². The number of hydrogen-bond donors (Lipinski definition) is 0. The van der Waals surface area contributed by atoms with Crippen molar-refractivity contribution in [2.45, 2.75) is 6.92 Å². The van der Waals surface area contributed by atoms with Crippen LogP contribution in [0.25, 0.3) is 0 Å². The number of rotatable bonds is 4. The summed E-state index contributed by atoms with van der Waals surface area (Å²) in [7, 11) is 3.55. The quantitative estimate of drug-likeness (QED) is 0.432. The van der Waals surface area contributed by atoms with Gasteiger partial charge in [-0.05, 0) is 13.0 Å². The first-order chi connectivity index (χ1) is 7.69. The summed E-state index contributed by atoms with van der Waals surface area (Å²) in [6.45, 7) is 5.37. The van der Waals surface area contributed by atoms with Crippen molar-refractivity contribution < 1.29 is 0 Å². The standard InChI is InChI=1S/C12H16N4/c1-10(13-2)11-7-5-6-8-12(11)15-9-16(4)14-3/h5-9H,3H2,1-2,4H3. The van der Waals surface area contributed by atoms with E-state index in [9.17, 15) is 0 Å². The second-order valence-corrected chi connectivity index (χ2v) is 3.29. The highest BCUT2D eigenvalue weighted by molar-refractivity contribution is 6.03. The Morgan fingerprint density at radius 3 is 2.69 bits per heavy atom. The molecule has 1 aromatic rings. The maximum Gasteiger partial charge on any atom is 0.112 e. The molecule has 0 aliphatic carbocycles. The van der Waals surface area contributed by atoms with Gasteiger partial charge in [0, 0.05) is 32.1 Å². The van der Waals surface area contributed by atoms with E-state index in [1.807, 2.05) is 31.2 Å². The van der Waals surface area contributed by atoms with E-state index < -0.39 is 0 Å². The van der Waals surface area contributed by atoms with Crippen molar-refractivity contribution in [1.29, 1.82) is 0 Å². The van der Waals surface area contributed by atoms with Gasteiger partial charge in [-0.15, -0.1) is 0 Å². The van der Waals surface area contributed by atoms with E-state index in [4.69, 9.17) is 0 Å². The Bertz CT molecular complexity index is 421. The van der Waals surface area contributed by atoms with Crippen LogP contribution in [-0.2, 0) is 0 Å². The van der Waals surface area contributed by atoms with Crippen LogP contribution in [0.2, 0.25) is 0 Å². The molecule has 0 heterocycles. The fourth-order valence-corrected chi connectivity index (χ4v) is 1.19. The van der Waals surface area contributed by atoms with Crippen LogP contribution < -0.4 is 0 Å². The van der Waals surface area contributed by atoms with Gasteiger partial charge in [0.2, 0.25) is 0 Å². The Morgan fingerprint density at radius 1 is 1.38 bits per heavy atom. The molecule has 0 fully saturated rings. The molecule has 1 rings (SSSR count). The highest BCUT2D eigenvalue weighted by Gasteiger charge is 2.02. The summed E-state index contributed by atoms with van der Waals surface area (Å²) in [4.78, 5) is 8.49. The maximum atomic E-state index is 4.33. The van der Waals surface area contributed by atoms with E-state index in [1.165, 1.54) is 0 Å².